The fourth-order valence-electron chi connectivity index (χ4n) is 8.06. The van der Waals surface area contributed by atoms with E-state index in [4.69, 9.17) is 4.74 Å². The van der Waals surface area contributed by atoms with Crippen LogP contribution in [0, 0.1) is 22.7 Å². The van der Waals surface area contributed by atoms with E-state index < -0.39 is 60.8 Å². The summed E-state index contributed by atoms with van der Waals surface area (Å²) in [4.78, 5) is 30.4. The van der Waals surface area contributed by atoms with Gasteiger partial charge in [-0.1, -0.05) is 30.5 Å². The van der Waals surface area contributed by atoms with Crippen molar-refractivity contribution in [3.8, 4) is 0 Å². The Bertz CT molecular complexity index is 1320. The van der Waals surface area contributed by atoms with Crippen LogP contribution < -0.4 is 5.32 Å². The minimum Gasteiger partial charge on any atom is -0.367 e. The second kappa shape index (κ2) is 14.1. The summed E-state index contributed by atoms with van der Waals surface area (Å²) in [7, 11) is -7.67. The van der Waals surface area contributed by atoms with Gasteiger partial charge < -0.3 is 15.0 Å². The number of amides is 1. The molecule has 3 N–H and O–H groups in total. The summed E-state index contributed by atoms with van der Waals surface area (Å²) in [6, 6.07) is -0.623. The van der Waals surface area contributed by atoms with Gasteiger partial charge in [-0.15, -0.1) is 0 Å². The molecule has 15 heteroatoms. The predicted molar refractivity (Wildman–Crippen MR) is 162 cm³/mol. The number of rotatable bonds is 11. The van der Waals surface area contributed by atoms with Gasteiger partial charge in [0.1, 0.15) is 11.4 Å². The van der Waals surface area contributed by atoms with Crippen molar-refractivity contribution in [1.82, 2.24) is 10.2 Å². The zero-order valence-corrected chi connectivity index (χ0v) is 26.9. The van der Waals surface area contributed by atoms with Crippen LogP contribution >= 0.6 is 0 Å². The molecule has 4 rings (SSSR count). The van der Waals surface area contributed by atoms with Gasteiger partial charge in [-0.05, 0) is 69.9 Å². The highest BCUT2D eigenvalue weighted by molar-refractivity contribution is 7.87. The van der Waals surface area contributed by atoms with Gasteiger partial charge in [0.15, 0.2) is 5.25 Å². The normalized spacial score (nSPS) is 34.4. The van der Waals surface area contributed by atoms with E-state index in [1.165, 1.54) is 0 Å². The van der Waals surface area contributed by atoms with Gasteiger partial charge in [0.2, 0.25) is 5.91 Å². The third-order valence-electron chi connectivity index (χ3n) is 9.67. The van der Waals surface area contributed by atoms with E-state index >= 15 is 0 Å². The molecule has 3 aliphatic carbocycles. The molecule has 0 bridgehead atoms. The first kappa shape index (κ1) is 34.1. The van der Waals surface area contributed by atoms with Gasteiger partial charge in [-0.3, -0.25) is 18.9 Å². The molecule has 0 saturated heterocycles. The quantitative estimate of drug-likeness (QED) is 0.130. The fraction of sp³-hybridized carbons (Fsp3) is 0.857. The van der Waals surface area contributed by atoms with Gasteiger partial charge in [0.25, 0.3) is 20.2 Å². The standard InChI is InChI=1S/C28H46N4O9S2/c1-4-29-21-13-11-19-23(17-9-6-7-10-18(17)28(33)32(3)16-8-15-31-34)20-12-14-22(30-5-2)27(43(38,39)40)25(20)41-24(19)26(21)42(35,36)37/h17-19,21,24-27,29H,4-16H2,1-3H3,(H,35,36,37)(H,38,39,40). The summed E-state index contributed by atoms with van der Waals surface area (Å²) in [5.41, 5.74) is 1.83. The first-order valence-corrected chi connectivity index (χ1v) is 18.5. The molecular weight excluding hydrogens is 600 g/mol. The summed E-state index contributed by atoms with van der Waals surface area (Å²) < 4.78 is 79.1. The summed E-state index contributed by atoms with van der Waals surface area (Å²) >= 11 is 0. The predicted octanol–water partition coefficient (Wildman–Crippen LogP) is 2.63. The van der Waals surface area contributed by atoms with Gasteiger partial charge in [-0.2, -0.15) is 21.7 Å². The van der Waals surface area contributed by atoms with Crippen LogP contribution in [0.5, 0.6) is 0 Å². The number of aliphatic imine (C=N–C) groups is 1. The van der Waals surface area contributed by atoms with Crippen LogP contribution in [-0.4, -0.2) is 104 Å². The number of carbonyl (C=O) groups excluding carboxylic acids is 1. The van der Waals surface area contributed by atoms with E-state index in [1.54, 1.807) is 18.9 Å². The highest BCUT2D eigenvalue weighted by Crippen LogP contribution is 2.52. The van der Waals surface area contributed by atoms with E-state index in [-0.39, 0.29) is 24.1 Å². The molecule has 0 spiro atoms. The monoisotopic (exact) mass is 646 g/mol. The molecule has 3 fully saturated rings. The zero-order chi connectivity index (χ0) is 31.5. The van der Waals surface area contributed by atoms with Gasteiger partial charge in [0, 0.05) is 43.7 Å². The average molecular weight is 647 g/mol. The first-order valence-electron chi connectivity index (χ1n) is 15.5. The number of carbonyl (C=O) groups is 1. The topological polar surface area (TPSA) is 192 Å². The van der Waals surface area contributed by atoms with Crippen LogP contribution in [0.3, 0.4) is 0 Å². The lowest BCUT2D eigenvalue weighted by molar-refractivity contribution is -0.137. The number of nitrogens with zero attached hydrogens (tertiary/aromatic N) is 3. The van der Waals surface area contributed by atoms with Crippen molar-refractivity contribution >= 4 is 31.9 Å². The van der Waals surface area contributed by atoms with Crippen molar-refractivity contribution in [3.05, 3.63) is 16.1 Å². The summed E-state index contributed by atoms with van der Waals surface area (Å²) in [5, 5.41) is 3.17. The SMILES string of the molecule is CCN=C1CCC2=C(C3CCCCC3C(=O)N(C)CCCN=O)C3CCC(NCC)C(S(=O)(=O)O)C3OC2C1S(=O)(=O)O. The van der Waals surface area contributed by atoms with E-state index in [1.807, 2.05) is 6.92 Å². The van der Waals surface area contributed by atoms with Crippen molar-refractivity contribution < 1.29 is 35.5 Å². The van der Waals surface area contributed by atoms with Crippen molar-refractivity contribution in [1.29, 1.82) is 0 Å². The Morgan fingerprint density at radius 1 is 1.02 bits per heavy atom. The van der Waals surface area contributed by atoms with Crippen LogP contribution in [0.15, 0.2) is 21.3 Å². The summed E-state index contributed by atoms with van der Waals surface area (Å²) in [5.74, 6) is -1.24. The van der Waals surface area contributed by atoms with Crippen molar-refractivity contribution in [2.24, 2.45) is 27.9 Å². The number of hydrogen-bond donors (Lipinski definition) is 3. The van der Waals surface area contributed by atoms with Crippen molar-refractivity contribution in [3.63, 3.8) is 0 Å². The smallest absolute Gasteiger partial charge is 0.276 e. The number of nitroso groups, excluding NO2 is 1. The third kappa shape index (κ3) is 7.22. The van der Waals surface area contributed by atoms with Gasteiger partial charge in [-0.25, -0.2) is 0 Å². The summed E-state index contributed by atoms with van der Waals surface area (Å²) in [6.45, 7) is 4.83. The number of fused-ring (bicyclic) bond motifs is 2. The Hall–Kier alpha value is -1.78. The molecule has 1 heterocycles. The molecule has 0 aromatic rings. The molecule has 0 aromatic carbocycles. The molecule has 1 amide bonds. The van der Waals surface area contributed by atoms with E-state index in [0.29, 0.717) is 70.2 Å². The number of ether oxygens (including phenoxy) is 1. The molecule has 0 aromatic heterocycles. The molecule has 4 aliphatic rings. The maximum absolute atomic E-state index is 13.8. The summed E-state index contributed by atoms with van der Waals surface area (Å²) in [6.07, 6.45) is 2.81. The Labute approximate surface area is 254 Å². The fourth-order valence-corrected chi connectivity index (χ4v) is 10.4. The van der Waals surface area contributed by atoms with Gasteiger partial charge in [0.05, 0.1) is 12.6 Å². The minimum atomic E-state index is -4.72. The molecule has 244 valence electrons. The Morgan fingerprint density at radius 2 is 1.74 bits per heavy atom. The minimum absolute atomic E-state index is 0.0775. The molecule has 43 heavy (non-hydrogen) atoms. The molecule has 8 atom stereocenters. The maximum Gasteiger partial charge on any atom is 0.276 e. The largest absolute Gasteiger partial charge is 0.367 e. The lowest BCUT2D eigenvalue weighted by Crippen LogP contribution is -2.62. The third-order valence-corrected chi connectivity index (χ3v) is 12.1. The van der Waals surface area contributed by atoms with E-state index in [9.17, 15) is 35.6 Å². The van der Waals surface area contributed by atoms with Crippen LogP contribution in [-0.2, 0) is 29.8 Å². The molecule has 1 aliphatic heterocycles. The highest BCUT2D eigenvalue weighted by atomic mass is 32.2. The number of nitrogens with one attached hydrogen (secondary N) is 1. The zero-order valence-electron chi connectivity index (χ0n) is 25.2. The second-order valence-corrected chi connectivity index (χ2v) is 15.3. The van der Waals surface area contributed by atoms with Crippen molar-refractivity contribution in [2.75, 3.05) is 33.2 Å². The number of hydrogen-bond acceptors (Lipinski definition) is 10. The molecule has 8 unspecified atom stereocenters. The van der Waals surface area contributed by atoms with E-state index in [2.05, 4.69) is 15.5 Å². The molecule has 13 nitrogen and oxygen atoms in total. The Kier molecular flexibility index (Phi) is 11.2. The average Bonchev–Trinajstić information content (AvgIpc) is 2.94. The van der Waals surface area contributed by atoms with Crippen LogP contribution in [0.4, 0.5) is 0 Å². The molecule has 3 saturated carbocycles. The maximum atomic E-state index is 13.8. The highest BCUT2D eigenvalue weighted by Gasteiger charge is 2.57. The Morgan fingerprint density at radius 3 is 2.37 bits per heavy atom. The van der Waals surface area contributed by atoms with E-state index in [0.717, 1.165) is 18.4 Å². The lowest BCUT2D eigenvalue weighted by Gasteiger charge is -2.52. The first-order chi connectivity index (χ1) is 20.3. The molecular formula is C28H46N4O9S2. The second-order valence-electron chi connectivity index (χ2n) is 12.2. The Balaban J connectivity index is 1.87. The van der Waals surface area contributed by atoms with Crippen LogP contribution in [0.25, 0.3) is 0 Å². The van der Waals surface area contributed by atoms with Gasteiger partial charge >= 0.3 is 0 Å². The molecule has 0 radical (unpaired) electrons. The van der Waals surface area contributed by atoms with Crippen LogP contribution in [0.2, 0.25) is 0 Å². The van der Waals surface area contributed by atoms with Crippen LogP contribution in [0.1, 0.15) is 71.6 Å². The lowest BCUT2D eigenvalue weighted by atomic mass is 9.63. The van der Waals surface area contributed by atoms with Crippen molar-refractivity contribution in [2.45, 2.75) is 100 Å².